The van der Waals surface area contributed by atoms with E-state index in [0.717, 1.165) is 16.5 Å². The molecule has 0 fully saturated rings. The Balaban J connectivity index is 0.000000479. The van der Waals surface area contributed by atoms with Crippen LogP contribution >= 0.6 is 0 Å². The summed E-state index contributed by atoms with van der Waals surface area (Å²) in [5.41, 5.74) is 9.35. The van der Waals surface area contributed by atoms with Gasteiger partial charge in [0, 0.05) is 22.8 Å². The summed E-state index contributed by atoms with van der Waals surface area (Å²) in [5, 5.41) is 13.1. The van der Waals surface area contributed by atoms with E-state index >= 15 is 0 Å². The van der Waals surface area contributed by atoms with Crippen molar-refractivity contribution in [1.82, 2.24) is 9.97 Å². The molecule has 2 aromatic carbocycles. The van der Waals surface area contributed by atoms with Crippen molar-refractivity contribution in [2.45, 2.75) is 13.1 Å². The summed E-state index contributed by atoms with van der Waals surface area (Å²) in [6, 6.07) is 12.6. The topological polar surface area (TPSA) is 150 Å². The largest absolute Gasteiger partial charge is 0.490 e. The van der Waals surface area contributed by atoms with Crippen LogP contribution in [0.25, 0.3) is 22.0 Å². The molecule has 192 valence electrons. The highest BCUT2D eigenvalue weighted by atomic mass is 19.4. The first-order valence-corrected chi connectivity index (χ1v) is 10.4. The molecule has 13 heteroatoms. The number of pyridine rings is 1. The van der Waals surface area contributed by atoms with E-state index in [4.69, 9.17) is 15.6 Å². The average molecular weight is 517 g/mol. The average Bonchev–Trinajstić information content (AvgIpc) is 3.22. The highest BCUT2D eigenvalue weighted by Gasteiger charge is 2.38. The number of fused-ring (bicyclic) bond motifs is 1. The Morgan fingerprint density at radius 3 is 2.27 bits per heavy atom. The van der Waals surface area contributed by atoms with Crippen LogP contribution < -0.4 is 16.4 Å². The lowest BCUT2D eigenvalue weighted by molar-refractivity contribution is -0.192. The van der Waals surface area contributed by atoms with Crippen molar-refractivity contribution in [3.63, 3.8) is 0 Å². The summed E-state index contributed by atoms with van der Waals surface area (Å²) < 4.78 is 45.6. The molecule has 2 aromatic heterocycles. The number of rotatable bonds is 4. The number of anilines is 2. The smallest absolute Gasteiger partial charge is 0.475 e. The SMILES string of the molecule is Cc1ccc(F)c(NC(=O)Nc2ccc(-c3c(C(N)=O)[nH]c4cnccc34)cc2)c1.O=C(O)C(F)(F)F. The number of alkyl halides is 3. The molecule has 0 aliphatic heterocycles. The van der Waals surface area contributed by atoms with Gasteiger partial charge in [0.2, 0.25) is 0 Å². The summed E-state index contributed by atoms with van der Waals surface area (Å²) >= 11 is 0. The van der Waals surface area contributed by atoms with E-state index in [1.165, 1.54) is 6.07 Å². The number of hydrogen-bond donors (Lipinski definition) is 5. The zero-order valence-electron chi connectivity index (χ0n) is 19.0. The van der Waals surface area contributed by atoms with Crippen LogP contribution in [0.1, 0.15) is 16.1 Å². The summed E-state index contributed by atoms with van der Waals surface area (Å²) in [7, 11) is 0. The maximum atomic E-state index is 13.8. The van der Waals surface area contributed by atoms with Gasteiger partial charge in [0.15, 0.2) is 0 Å². The van der Waals surface area contributed by atoms with Gasteiger partial charge in [-0.15, -0.1) is 0 Å². The Bertz CT molecular complexity index is 1470. The lowest BCUT2D eigenvalue weighted by Crippen LogP contribution is -2.21. The number of aromatic amines is 1. The van der Waals surface area contributed by atoms with Crippen LogP contribution in [0.3, 0.4) is 0 Å². The molecule has 37 heavy (non-hydrogen) atoms. The lowest BCUT2D eigenvalue weighted by Gasteiger charge is -2.10. The van der Waals surface area contributed by atoms with Crippen LogP contribution in [0.4, 0.5) is 33.7 Å². The Morgan fingerprint density at radius 1 is 1.03 bits per heavy atom. The van der Waals surface area contributed by atoms with E-state index < -0.39 is 29.9 Å². The van der Waals surface area contributed by atoms with E-state index in [1.54, 1.807) is 54.9 Å². The predicted octanol–water partition coefficient (Wildman–Crippen LogP) is 5.05. The number of benzene rings is 2. The van der Waals surface area contributed by atoms with Crippen LogP contribution in [0.2, 0.25) is 0 Å². The summed E-state index contributed by atoms with van der Waals surface area (Å²) in [4.78, 5) is 40.0. The lowest BCUT2D eigenvalue weighted by atomic mass is 10.0. The van der Waals surface area contributed by atoms with Gasteiger partial charge in [0.25, 0.3) is 5.91 Å². The van der Waals surface area contributed by atoms with Crippen molar-refractivity contribution >= 4 is 40.2 Å². The number of primary amides is 1. The fourth-order valence-electron chi connectivity index (χ4n) is 3.27. The number of amides is 3. The van der Waals surface area contributed by atoms with E-state index in [9.17, 15) is 27.2 Å². The van der Waals surface area contributed by atoms with Gasteiger partial charge in [-0.2, -0.15) is 13.2 Å². The number of nitrogens with two attached hydrogens (primary N) is 1. The normalized spacial score (nSPS) is 10.8. The first kappa shape index (κ1) is 26.7. The molecular formula is C24H19F4N5O4. The van der Waals surface area contributed by atoms with Crippen LogP contribution in [-0.4, -0.2) is 39.2 Å². The van der Waals surface area contributed by atoms with Crippen LogP contribution in [-0.2, 0) is 4.79 Å². The summed E-state index contributed by atoms with van der Waals surface area (Å²) in [6.07, 6.45) is -1.83. The number of urea groups is 1. The third-order valence-corrected chi connectivity index (χ3v) is 4.89. The highest BCUT2D eigenvalue weighted by Crippen LogP contribution is 2.32. The molecular weight excluding hydrogens is 498 g/mol. The first-order valence-electron chi connectivity index (χ1n) is 10.4. The van der Waals surface area contributed by atoms with E-state index in [2.05, 4.69) is 20.6 Å². The van der Waals surface area contributed by atoms with Gasteiger partial charge in [0.1, 0.15) is 11.5 Å². The summed E-state index contributed by atoms with van der Waals surface area (Å²) in [5.74, 6) is -3.85. The van der Waals surface area contributed by atoms with Crippen LogP contribution in [0.15, 0.2) is 60.9 Å². The van der Waals surface area contributed by atoms with Gasteiger partial charge in [0.05, 0.1) is 17.4 Å². The maximum absolute atomic E-state index is 13.8. The third-order valence-electron chi connectivity index (χ3n) is 4.89. The zero-order chi connectivity index (χ0) is 27.3. The van der Waals surface area contributed by atoms with Crippen molar-refractivity contribution in [3.05, 3.63) is 78.0 Å². The van der Waals surface area contributed by atoms with Crippen molar-refractivity contribution in [2.75, 3.05) is 10.6 Å². The predicted molar refractivity (Wildman–Crippen MR) is 128 cm³/mol. The molecule has 0 bridgehead atoms. The molecule has 0 radical (unpaired) electrons. The molecule has 0 saturated heterocycles. The van der Waals surface area contributed by atoms with Crippen molar-refractivity contribution in [3.8, 4) is 11.1 Å². The van der Waals surface area contributed by atoms with Gasteiger partial charge in [-0.1, -0.05) is 18.2 Å². The number of nitrogens with zero attached hydrogens (tertiary/aromatic N) is 1. The molecule has 0 spiro atoms. The van der Waals surface area contributed by atoms with Gasteiger partial charge < -0.3 is 26.5 Å². The number of halogens is 4. The number of aromatic nitrogens is 2. The standard InChI is InChI=1S/C22H18FN5O2.C2HF3O2/c1-12-2-7-16(23)17(10-12)28-22(30)26-14-5-3-13(4-6-14)19-15-8-9-25-11-18(15)27-20(19)21(24)29;3-2(4,5)1(6)7/h2-11,27H,1H3,(H2,24,29)(H2,26,28,30);(H,6,7). The van der Waals surface area contributed by atoms with Gasteiger partial charge in [-0.3, -0.25) is 9.78 Å². The Morgan fingerprint density at radius 2 is 1.68 bits per heavy atom. The number of carboxylic acids is 1. The second-order valence-electron chi connectivity index (χ2n) is 7.60. The molecule has 3 amide bonds. The van der Waals surface area contributed by atoms with Crippen LogP contribution in [0, 0.1) is 12.7 Å². The molecule has 4 aromatic rings. The van der Waals surface area contributed by atoms with E-state index in [0.29, 0.717) is 16.8 Å². The van der Waals surface area contributed by atoms with E-state index in [-0.39, 0.29) is 11.4 Å². The molecule has 0 aliphatic rings. The molecule has 0 aliphatic carbocycles. The Kier molecular flexibility index (Phi) is 7.76. The first-order chi connectivity index (χ1) is 17.4. The second kappa shape index (κ2) is 10.8. The molecule has 2 heterocycles. The van der Waals surface area contributed by atoms with E-state index in [1.807, 2.05) is 6.92 Å². The van der Waals surface area contributed by atoms with Gasteiger partial charge >= 0.3 is 18.2 Å². The number of carbonyl (C=O) groups is 3. The number of carbonyl (C=O) groups excluding carboxylic acids is 2. The second-order valence-corrected chi connectivity index (χ2v) is 7.60. The van der Waals surface area contributed by atoms with Crippen LogP contribution in [0.5, 0.6) is 0 Å². The minimum absolute atomic E-state index is 0.0997. The molecule has 0 unspecified atom stereocenters. The number of hydrogen-bond acceptors (Lipinski definition) is 4. The fraction of sp³-hybridized carbons (Fsp3) is 0.0833. The molecule has 6 N–H and O–H groups in total. The highest BCUT2D eigenvalue weighted by molar-refractivity contribution is 6.09. The van der Waals surface area contributed by atoms with Gasteiger partial charge in [-0.25, -0.2) is 14.0 Å². The number of carboxylic acid groups (broad SMARTS) is 1. The molecule has 0 atom stereocenters. The molecule has 0 saturated carbocycles. The molecule has 4 rings (SSSR count). The monoisotopic (exact) mass is 517 g/mol. The number of aliphatic carboxylic acids is 1. The number of nitrogens with one attached hydrogen (secondary N) is 3. The van der Waals surface area contributed by atoms with Crippen molar-refractivity contribution in [2.24, 2.45) is 5.73 Å². The number of H-pyrrole nitrogens is 1. The fourth-order valence-corrected chi connectivity index (χ4v) is 3.27. The summed E-state index contributed by atoms with van der Waals surface area (Å²) in [6.45, 7) is 1.81. The Labute approximate surface area is 206 Å². The third kappa shape index (κ3) is 6.60. The Hall–Kier alpha value is -4.94. The van der Waals surface area contributed by atoms with Crippen molar-refractivity contribution < 1.29 is 37.1 Å². The van der Waals surface area contributed by atoms with Gasteiger partial charge in [-0.05, 0) is 48.4 Å². The minimum atomic E-state index is -5.08. The maximum Gasteiger partial charge on any atom is 0.490 e. The minimum Gasteiger partial charge on any atom is -0.475 e. The quantitative estimate of drug-likeness (QED) is 0.240. The number of aryl methyl sites for hydroxylation is 1. The van der Waals surface area contributed by atoms with Crippen molar-refractivity contribution in [1.29, 1.82) is 0 Å². The molecule has 9 nitrogen and oxygen atoms in total. The zero-order valence-corrected chi connectivity index (χ0v) is 19.0.